The molecule has 2 aromatic rings. The highest BCUT2D eigenvalue weighted by molar-refractivity contribution is 6.42. The molecular weight excluding hydrogens is 311 g/mol. The van der Waals surface area contributed by atoms with Gasteiger partial charge in [-0.3, -0.25) is 4.98 Å². The van der Waals surface area contributed by atoms with E-state index < -0.39 is 6.03 Å². The number of pyridine rings is 1. The van der Waals surface area contributed by atoms with Crippen molar-refractivity contribution in [2.75, 3.05) is 7.05 Å². The molecule has 0 fully saturated rings. The zero-order valence-corrected chi connectivity index (χ0v) is 12.6. The van der Waals surface area contributed by atoms with Gasteiger partial charge in [0.1, 0.15) is 5.69 Å². The molecule has 1 aliphatic rings. The largest absolute Gasteiger partial charge is 0.425 e. The summed E-state index contributed by atoms with van der Waals surface area (Å²) in [5.41, 5.74) is 7.34. The number of aromatic nitrogens is 1. The Bertz CT molecular complexity index is 770. The van der Waals surface area contributed by atoms with Crippen LogP contribution in [0.25, 0.3) is 0 Å². The second kappa shape index (κ2) is 4.80. The van der Waals surface area contributed by atoms with Gasteiger partial charge in [-0.25, -0.2) is 4.79 Å². The number of fused-ring (bicyclic) bond motifs is 1. The second-order valence-corrected chi connectivity index (χ2v) is 5.56. The molecule has 1 aromatic heterocycles. The number of halogens is 2. The van der Waals surface area contributed by atoms with E-state index in [4.69, 9.17) is 28.9 Å². The molecule has 5 nitrogen and oxygen atoms in total. The van der Waals surface area contributed by atoms with E-state index >= 15 is 0 Å². The van der Waals surface area contributed by atoms with Gasteiger partial charge in [-0.05, 0) is 12.1 Å². The lowest BCUT2D eigenvalue weighted by Crippen LogP contribution is -2.57. The third-order valence-electron chi connectivity index (χ3n) is 3.54. The minimum atomic E-state index is -0.574. The number of carbonyl (C=O) groups excluding carboxylic acids is 1. The van der Waals surface area contributed by atoms with Gasteiger partial charge in [0.05, 0.1) is 28.9 Å². The monoisotopic (exact) mass is 321 g/mol. The fraction of sp³-hybridized carbons (Fsp3) is 0.0714. The lowest BCUT2D eigenvalue weighted by molar-refractivity contribution is 0.236. The van der Waals surface area contributed by atoms with Crippen LogP contribution < -0.4 is 10.2 Å². The van der Waals surface area contributed by atoms with Gasteiger partial charge in [-0.15, -0.1) is 0 Å². The van der Waals surface area contributed by atoms with E-state index in [1.54, 1.807) is 43.7 Å². The molecule has 2 heterocycles. The number of primary amides is 1. The number of quaternary nitrogens is 1. The normalized spacial score (nSPS) is 20.0. The fourth-order valence-electron chi connectivity index (χ4n) is 2.39. The molecule has 7 heteroatoms. The first-order valence-corrected chi connectivity index (χ1v) is 6.86. The number of nitrogens with zero attached hydrogens (tertiary/aromatic N) is 3. The van der Waals surface area contributed by atoms with E-state index in [0.717, 1.165) is 0 Å². The Morgan fingerprint density at radius 2 is 1.90 bits per heavy atom. The first kappa shape index (κ1) is 14.0. The molecule has 3 rings (SSSR count). The molecule has 21 heavy (non-hydrogen) atoms. The van der Waals surface area contributed by atoms with Crippen molar-refractivity contribution in [2.24, 2.45) is 10.7 Å². The van der Waals surface area contributed by atoms with Crippen LogP contribution in [0.15, 0.2) is 41.7 Å². The lowest BCUT2D eigenvalue weighted by Gasteiger charge is -2.25. The van der Waals surface area contributed by atoms with Gasteiger partial charge in [0, 0.05) is 12.3 Å². The third kappa shape index (κ3) is 1.93. The highest BCUT2D eigenvalue weighted by Gasteiger charge is 2.47. The van der Waals surface area contributed by atoms with E-state index in [9.17, 15) is 4.79 Å². The van der Waals surface area contributed by atoms with Crippen molar-refractivity contribution in [3.05, 3.63) is 52.3 Å². The van der Waals surface area contributed by atoms with Gasteiger partial charge in [-0.2, -0.15) is 9.48 Å². The highest BCUT2D eigenvalue weighted by Crippen LogP contribution is 2.42. The lowest BCUT2D eigenvalue weighted by atomic mass is 10.1. The molecule has 0 spiro atoms. The van der Waals surface area contributed by atoms with E-state index in [1.165, 1.54) is 0 Å². The molecule has 1 aromatic carbocycles. The molecule has 0 bridgehead atoms. The van der Waals surface area contributed by atoms with Crippen molar-refractivity contribution >= 4 is 46.4 Å². The minimum absolute atomic E-state index is 0.304. The Balaban J connectivity index is 2.31. The Labute approximate surface area is 131 Å². The van der Waals surface area contributed by atoms with Crippen molar-refractivity contribution in [3.63, 3.8) is 0 Å². The number of aliphatic imine (C=N–C) groups is 1. The van der Waals surface area contributed by atoms with Gasteiger partial charge in [0.15, 0.2) is 5.69 Å². The molecule has 1 aliphatic heterocycles. The van der Waals surface area contributed by atoms with Crippen molar-refractivity contribution in [2.45, 2.75) is 0 Å². The molecule has 0 aliphatic carbocycles. The topological polar surface area (TPSA) is 68.3 Å². The van der Waals surface area contributed by atoms with Crippen molar-refractivity contribution in [1.29, 1.82) is 0 Å². The average molecular weight is 322 g/mol. The number of amidine groups is 1. The Kier molecular flexibility index (Phi) is 3.20. The minimum Gasteiger partial charge on any atom is -0.318 e. The number of carbonyl (C=O) groups is 1. The zero-order valence-electron chi connectivity index (χ0n) is 11.0. The van der Waals surface area contributed by atoms with Crippen LogP contribution in [0.2, 0.25) is 10.0 Å². The van der Waals surface area contributed by atoms with Crippen LogP contribution in [0.4, 0.5) is 16.2 Å². The molecule has 0 radical (unpaired) electrons. The number of hydrogen-bond acceptors (Lipinski definition) is 3. The Hall–Kier alpha value is -1.95. The van der Waals surface area contributed by atoms with Gasteiger partial charge in [0.2, 0.25) is 0 Å². The molecule has 0 saturated heterocycles. The highest BCUT2D eigenvalue weighted by atomic mass is 35.5. The van der Waals surface area contributed by atoms with E-state index in [2.05, 4.69) is 9.98 Å². The van der Waals surface area contributed by atoms with Crippen LogP contribution in [0, 0.1) is 0 Å². The average Bonchev–Trinajstić information content (AvgIpc) is 2.74. The number of hydrogen-bond donors (Lipinski definition) is 1. The molecule has 0 saturated carbocycles. The summed E-state index contributed by atoms with van der Waals surface area (Å²) >= 11 is 12.5. The molecule has 106 valence electrons. The fourth-order valence-corrected chi connectivity index (χ4v) is 2.95. The first-order chi connectivity index (χ1) is 9.96. The summed E-state index contributed by atoms with van der Waals surface area (Å²) in [6.45, 7) is 0. The van der Waals surface area contributed by atoms with Crippen molar-refractivity contribution < 1.29 is 4.79 Å². The number of benzene rings is 1. The molecule has 2 N–H and O–H groups in total. The van der Waals surface area contributed by atoms with Gasteiger partial charge >= 0.3 is 6.03 Å². The summed E-state index contributed by atoms with van der Waals surface area (Å²) in [6.07, 6.45) is 3.16. The summed E-state index contributed by atoms with van der Waals surface area (Å²) in [5, 5.41) is 0.820. The van der Waals surface area contributed by atoms with Crippen LogP contribution in [-0.4, -0.2) is 23.9 Å². The number of urea groups is 1. The zero-order chi connectivity index (χ0) is 15.2. The standard InChI is InChI=1S/C14H10Cl2N4O/c1-20(14(17)21)11-5-6-18-7-10(11)19-13(20)12-8(15)3-2-4-9(12)16/h2-7H,1H3,(H-,17,21)/p+1. The van der Waals surface area contributed by atoms with Gasteiger partial charge in [-0.1, -0.05) is 29.3 Å². The van der Waals surface area contributed by atoms with E-state index in [-0.39, 0.29) is 4.48 Å². The van der Waals surface area contributed by atoms with Crippen LogP contribution in [0.1, 0.15) is 5.56 Å². The second-order valence-electron chi connectivity index (χ2n) is 4.74. The van der Waals surface area contributed by atoms with Crippen LogP contribution >= 0.6 is 23.2 Å². The summed E-state index contributed by atoms with van der Waals surface area (Å²) in [4.78, 5) is 20.6. The summed E-state index contributed by atoms with van der Waals surface area (Å²) in [6, 6.07) is 6.25. The summed E-state index contributed by atoms with van der Waals surface area (Å²) < 4.78 is -0.304. The smallest absolute Gasteiger partial charge is 0.318 e. The summed E-state index contributed by atoms with van der Waals surface area (Å²) in [7, 11) is 1.66. The predicted molar refractivity (Wildman–Crippen MR) is 84.2 cm³/mol. The van der Waals surface area contributed by atoms with Crippen LogP contribution in [-0.2, 0) is 0 Å². The number of amides is 2. The van der Waals surface area contributed by atoms with Crippen LogP contribution in [0.5, 0.6) is 0 Å². The third-order valence-corrected chi connectivity index (χ3v) is 4.17. The maximum Gasteiger partial charge on any atom is 0.425 e. The number of rotatable bonds is 1. The van der Waals surface area contributed by atoms with Crippen LogP contribution in [0.3, 0.4) is 0 Å². The van der Waals surface area contributed by atoms with Gasteiger partial charge < -0.3 is 5.73 Å². The molecular formula is C14H11Cl2N4O+. The SMILES string of the molecule is C[N+]1(C(N)=O)C(c2c(Cl)cccc2Cl)=Nc2cnccc21. The maximum atomic E-state index is 12.1. The van der Waals surface area contributed by atoms with Gasteiger partial charge in [0.25, 0.3) is 5.84 Å². The number of nitrogens with two attached hydrogens (primary N) is 1. The van der Waals surface area contributed by atoms with Crippen molar-refractivity contribution in [3.8, 4) is 0 Å². The first-order valence-electron chi connectivity index (χ1n) is 6.11. The Morgan fingerprint density at radius 3 is 2.52 bits per heavy atom. The van der Waals surface area contributed by atoms with E-state index in [1.807, 2.05) is 0 Å². The molecule has 2 amide bonds. The maximum absolute atomic E-state index is 12.1. The van der Waals surface area contributed by atoms with Crippen molar-refractivity contribution in [1.82, 2.24) is 9.47 Å². The molecule has 1 unspecified atom stereocenters. The summed E-state index contributed by atoms with van der Waals surface area (Å²) in [5.74, 6) is 0.390. The quantitative estimate of drug-likeness (QED) is 0.817. The predicted octanol–water partition coefficient (Wildman–Crippen LogP) is 3.50. The molecule has 1 atom stereocenters. The Morgan fingerprint density at radius 1 is 1.24 bits per heavy atom. The van der Waals surface area contributed by atoms with E-state index in [0.29, 0.717) is 32.8 Å².